The highest BCUT2D eigenvalue weighted by atomic mass is 16.2. The van der Waals surface area contributed by atoms with Gasteiger partial charge in [0, 0.05) is 43.2 Å². The summed E-state index contributed by atoms with van der Waals surface area (Å²) in [5, 5.41) is 7.14. The third-order valence-electron chi connectivity index (χ3n) is 5.01. The molecule has 1 atom stereocenters. The van der Waals surface area contributed by atoms with Gasteiger partial charge in [-0.25, -0.2) is 4.98 Å². The monoisotopic (exact) mass is 390 g/mol. The number of hydrogen-bond acceptors (Lipinski definition) is 5. The largest absolute Gasteiger partial charge is 0.336 e. The van der Waals surface area contributed by atoms with Crippen LogP contribution in [0.3, 0.4) is 0 Å². The molecule has 0 bridgehead atoms. The van der Waals surface area contributed by atoms with Crippen molar-refractivity contribution in [1.29, 1.82) is 0 Å². The standard InChI is InChI=1S/C21H22N6O2/c1-15-23-19(25-24-15)18-14-26(20(28)16-6-3-2-4-7-16)12-5-13-27(18)21(29)17-8-10-22-11-9-17/h2-4,6-11,18H,5,12-14H2,1H3,(H,23,24,25). The van der Waals surface area contributed by atoms with Crippen LogP contribution < -0.4 is 0 Å². The number of aryl methyl sites for hydroxylation is 1. The van der Waals surface area contributed by atoms with E-state index < -0.39 is 6.04 Å². The van der Waals surface area contributed by atoms with E-state index in [2.05, 4.69) is 20.2 Å². The van der Waals surface area contributed by atoms with Gasteiger partial charge >= 0.3 is 0 Å². The second-order valence-corrected chi connectivity index (χ2v) is 7.00. The molecular weight excluding hydrogens is 368 g/mol. The summed E-state index contributed by atoms with van der Waals surface area (Å²) in [6, 6.07) is 12.1. The minimum atomic E-state index is -0.434. The number of carbonyl (C=O) groups is 2. The Kier molecular flexibility index (Phi) is 5.33. The molecule has 1 aromatic carbocycles. The van der Waals surface area contributed by atoms with Gasteiger partial charge in [-0.1, -0.05) is 18.2 Å². The Morgan fingerprint density at radius 1 is 1.00 bits per heavy atom. The van der Waals surface area contributed by atoms with Crippen LogP contribution in [-0.4, -0.2) is 61.4 Å². The summed E-state index contributed by atoms with van der Waals surface area (Å²) in [4.78, 5) is 38.3. The molecule has 0 saturated carbocycles. The normalized spacial score (nSPS) is 17.1. The van der Waals surface area contributed by atoms with Gasteiger partial charge in [-0.3, -0.25) is 19.7 Å². The number of carbonyl (C=O) groups excluding carboxylic acids is 2. The smallest absolute Gasteiger partial charge is 0.254 e. The van der Waals surface area contributed by atoms with Crippen LogP contribution in [0.2, 0.25) is 0 Å². The van der Waals surface area contributed by atoms with Crippen molar-refractivity contribution < 1.29 is 9.59 Å². The summed E-state index contributed by atoms with van der Waals surface area (Å²) < 4.78 is 0. The van der Waals surface area contributed by atoms with E-state index in [0.717, 1.165) is 0 Å². The number of benzene rings is 1. The zero-order chi connectivity index (χ0) is 20.2. The van der Waals surface area contributed by atoms with Crippen molar-refractivity contribution in [2.45, 2.75) is 19.4 Å². The lowest BCUT2D eigenvalue weighted by atomic mass is 10.1. The Balaban J connectivity index is 1.66. The Morgan fingerprint density at radius 3 is 2.41 bits per heavy atom. The maximum Gasteiger partial charge on any atom is 0.254 e. The molecule has 1 N–H and O–H groups in total. The zero-order valence-corrected chi connectivity index (χ0v) is 16.2. The van der Waals surface area contributed by atoms with Crippen molar-refractivity contribution in [3.05, 3.63) is 77.6 Å². The molecule has 4 rings (SSSR count). The first-order valence-corrected chi connectivity index (χ1v) is 9.57. The zero-order valence-electron chi connectivity index (χ0n) is 16.2. The molecule has 2 aromatic heterocycles. The van der Waals surface area contributed by atoms with Gasteiger partial charge in [-0.05, 0) is 37.6 Å². The van der Waals surface area contributed by atoms with Crippen LogP contribution in [0, 0.1) is 6.92 Å². The number of aromatic amines is 1. The van der Waals surface area contributed by atoms with E-state index in [9.17, 15) is 9.59 Å². The molecule has 3 aromatic rings. The highest BCUT2D eigenvalue weighted by Crippen LogP contribution is 2.25. The minimum Gasteiger partial charge on any atom is -0.336 e. The van der Waals surface area contributed by atoms with Crippen LogP contribution in [0.4, 0.5) is 0 Å². The lowest BCUT2D eigenvalue weighted by molar-refractivity contribution is 0.0622. The van der Waals surface area contributed by atoms with Crippen molar-refractivity contribution in [1.82, 2.24) is 30.0 Å². The Morgan fingerprint density at radius 2 is 1.72 bits per heavy atom. The number of pyridine rings is 1. The van der Waals surface area contributed by atoms with E-state index >= 15 is 0 Å². The molecule has 1 saturated heterocycles. The van der Waals surface area contributed by atoms with Gasteiger partial charge in [0.1, 0.15) is 11.9 Å². The summed E-state index contributed by atoms with van der Waals surface area (Å²) in [6.07, 6.45) is 3.87. The number of nitrogens with zero attached hydrogens (tertiary/aromatic N) is 5. The fourth-order valence-corrected chi connectivity index (χ4v) is 3.57. The molecule has 8 heteroatoms. The number of amides is 2. The molecule has 1 aliphatic rings. The average molecular weight is 390 g/mol. The summed E-state index contributed by atoms with van der Waals surface area (Å²) in [5.74, 6) is 1.01. The predicted octanol–water partition coefficient (Wildman–Crippen LogP) is 2.24. The molecule has 3 heterocycles. The molecular formula is C21H22N6O2. The quantitative estimate of drug-likeness (QED) is 0.740. The lowest BCUT2D eigenvalue weighted by Crippen LogP contribution is -2.40. The molecule has 0 spiro atoms. The van der Waals surface area contributed by atoms with Crippen LogP contribution in [0.1, 0.15) is 44.8 Å². The number of nitrogens with one attached hydrogen (secondary N) is 1. The maximum atomic E-state index is 13.2. The van der Waals surface area contributed by atoms with E-state index in [4.69, 9.17) is 0 Å². The van der Waals surface area contributed by atoms with Crippen molar-refractivity contribution in [3.8, 4) is 0 Å². The Bertz CT molecular complexity index is 989. The van der Waals surface area contributed by atoms with Gasteiger partial charge in [0.05, 0.1) is 0 Å². The van der Waals surface area contributed by atoms with Crippen LogP contribution in [0.15, 0.2) is 54.9 Å². The Hall–Kier alpha value is -3.55. The van der Waals surface area contributed by atoms with E-state index in [1.807, 2.05) is 25.1 Å². The molecule has 148 valence electrons. The summed E-state index contributed by atoms with van der Waals surface area (Å²) >= 11 is 0. The fourth-order valence-electron chi connectivity index (χ4n) is 3.57. The summed E-state index contributed by atoms with van der Waals surface area (Å²) in [6.45, 7) is 3.22. The van der Waals surface area contributed by atoms with Gasteiger partial charge in [0.25, 0.3) is 11.8 Å². The van der Waals surface area contributed by atoms with Crippen LogP contribution in [0.25, 0.3) is 0 Å². The third-order valence-corrected chi connectivity index (χ3v) is 5.01. The first-order chi connectivity index (χ1) is 14.1. The van der Waals surface area contributed by atoms with Crippen molar-refractivity contribution in [2.75, 3.05) is 19.6 Å². The summed E-state index contributed by atoms with van der Waals surface area (Å²) in [5.41, 5.74) is 1.19. The lowest BCUT2D eigenvalue weighted by Gasteiger charge is -2.30. The molecule has 8 nitrogen and oxygen atoms in total. The van der Waals surface area contributed by atoms with Crippen LogP contribution >= 0.6 is 0 Å². The first-order valence-electron chi connectivity index (χ1n) is 9.57. The average Bonchev–Trinajstić information content (AvgIpc) is 3.07. The van der Waals surface area contributed by atoms with E-state index in [-0.39, 0.29) is 11.8 Å². The first kappa shape index (κ1) is 18.8. The van der Waals surface area contributed by atoms with Crippen LogP contribution in [-0.2, 0) is 0 Å². The van der Waals surface area contributed by atoms with Gasteiger partial charge in [-0.2, -0.15) is 5.10 Å². The SMILES string of the molecule is Cc1nc(C2CN(C(=O)c3ccccc3)CCCN2C(=O)c2ccncc2)n[nH]1. The number of hydrogen-bond donors (Lipinski definition) is 1. The molecule has 2 amide bonds. The highest BCUT2D eigenvalue weighted by molar-refractivity contribution is 5.95. The van der Waals surface area contributed by atoms with E-state index in [0.29, 0.717) is 48.8 Å². The Labute approximate surface area is 168 Å². The van der Waals surface area contributed by atoms with Crippen molar-refractivity contribution in [2.24, 2.45) is 0 Å². The topological polar surface area (TPSA) is 95.1 Å². The van der Waals surface area contributed by atoms with E-state index in [1.165, 1.54) is 0 Å². The molecule has 29 heavy (non-hydrogen) atoms. The third kappa shape index (κ3) is 4.01. The second kappa shape index (κ2) is 8.22. The van der Waals surface area contributed by atoms with Gasteiger partial charge in [-0.15, -0.1) is 0 Å². The predicted molar refractivity (Wildman–Crippen MR) is 106 cm³/mol. The van der Waals surface area contributed by atoms with Crippen molar-refractivity contribution >= 4 is 11.8 Å². The fraction of sp³-hybridized carbons (Fsp3) is 0.286. The molecule has 0 radical (unpaired) electrons. The summed E-state index contributed by atoms with van der Waals surface area (Å²) in [7, 11) is 0. The molecule has 0 aliphatic carbocycles. The number of aromatic nitrogens is 4. The minimum absolute atomic E-state index is 0.0546. The number of rotatable bonds is 3. The maximum absolute atomic E-state index is 13.2. The van der Waals surface area contributed by atoms with Gasteiger partial charge < -0.3 is 9.80 Å². The van der Waals surface area contributed by atoms with Crippen molar-refractivity contribution in [3.63, 3.8) is 0 Å². The highest BCUT2D eigenvalue weighted by Gasteiger charge is 2.34. The number of H-pyrrole nitrogens is 1. The van der Waals surface area contributed by atoms with Gasteiger partial charge in [0.2, 0.25) is 0 Å². The second-order valence-electron chi connectivity index (χ2n) is 7.00. The van der Waals surface area contributed by atoms with Gasteiger partial charge in [0.15, 0.2) is 5.82 Å². The van der Waals surface area contributed by atoms with E-state index in [1.54, 1.807) is 46.5 Å². The van der Waals surface area contributed by atoms with Crippen LogP contribution in [0.5, 0.6) is 0 Å². The molecule has 1 fully saturated rings. The molecule has 1 unspecified atom stereocenters. The molecule has 1 aliphatic heterocycles.